The van der Waals surface area contributed by atoms with Crippen molar-refractivity contribution in [3.63, 3.8) is 0 Å². The summed E-state index contributed by atoms with van der Waals surface area (Å²) in [5, 5.41) is 9.17. The first-order chi connectivity index (χ1) is 9.72. The van der Waals surface area contributed by atoms with Crippen molar-refractivity contribution in [3.8, 4) is 0 Å². The third-order valence-corrected chi connectivity index (χ3v) is 3.40. The molecule has 0 aromatic heterocycles. The lowest BCUT2D eigenvalue weighted by Gasteiger charge is -2.22. The van der Waals surface area contributed by atoms with E-state index in [2.05, 4.69) is 12.6 Å². The predicted octanol–water partition coefficient (Wildman–Crippen LogP) is 2.61. The van der Waals surface area contributed by atoms with E-state index in [4.69, 9.17) is 5.11 Å². The molecular weight excluding hydrogens is 270 g/mol. The summed E-state index contributed by atoms with van der Waals surface area (Å²) in [7, 11) is 0. The number of hydrogen-bond acceptors (Lipinski definition) is 3. The first kappa shape index (κ1) is 14.6. The quantitative estimate of drug-likeness (QED) is 0.830. The Morgan fingerprint density at radius 3 is 2.35 bits per heavy atom. The van der Waals surface area contributed by atoms with Crippen molar-refractivity contribution < 1.29 is 9.90 Å². The summed E-state index contributed by atoms with van der Waals surface area (Å²) in [6.45, 7) is 0.714. The predicted molar refractivity (Wildman–Crippen MR) is 82.0 cm³/mol. The van der Waals surface area contributed by atoms with Crippen LogP contribution in [0.2, 0.25) is 0 Å². The SMILES string of the molecule is O=C(c1ccccc1S)N(CCO)Cc1ccccc1. The fourth-order valence-corrected chi connectivity index (χ4v) is 2.26. The van der Waals surface area contributed by atoms with Crippen LogP contribution in [-0.2, 0) is 6.54 Å². The van der Waals surface area contributed by atoms with Crippen LogP contribution in [0.3, 0.4) is 0 Å². The number of carbonyl (C=O) groups is 1. The summed E-state index contributed by atoms with van der Waals surface area (Å²) in [6.07, 6.45) is 0. The van der Waals surface area contributed by atoms with Crippen LogP contribution in [0.15, 0.2) is 59.5 Å². The summed E-state index contributed by atoms with van der Waals surface area (Å²) in [5.41, 5.74) is 1.59. The van der Waals surface area contributed by atoms with Gasteiger partial charge >= 0.3 is 0 Å². The van der Waals surface area contributed by atoms with Crippen LogP contribution in [0.1, 0.15) is 15.9 Å². The summed E-state index contributed by atoms with van der Waals surface area (Å²) >= 11 is 4.32. The van der Waals surface area contributed by atoms with Crippen LogP contribution in [0.4, 0.5) is 0 Å². The molecule has 0 atom stereocenters. The van der Waals surface area contributed by atoms with E-state index in [0.29, 0.717) is 23.5 Å². The number of benzene rings is 2. The zero-order chi connectivity index (χ0) is 14.4. The van der Waals surface area contributed by atoms with Gasteiger partial charge in [-0.2, -0.15) is 0 Å². The van der Waals surface area contributed by atoms with E-state index in [1.807, 2.05) is 42.5 Å². The molecule has 0 radical (unpaired) electrons. The van der Waals surface area contributed by atoms with Crippen LogP contribution in [0, 0.1) is 0 Å². The molecule has 0 spiro atoms. The van der Waals surface area contributed by atoms with Crippen molar-refractivity contribution in [1.82, 2.24) is 4.90 Å². The number of rotatable bonds is 5. The topological polar surface area (TPSA) is 40.5 Å². The smallest absolute Gasteiger partial charge is 0.255 e. The number of nitrogens with zero attached hydrogens (tertiary/aromatic N) is 1. The van der Waals surface area contributed by atoms with Gasteiger partial charge in [-0.1, -0.05) is 42.5 Å². The van der Waals surface area contributed by atoms with Crippen LogP contribution in [0.5, 0.6) is 0 Å². The van der Waals surface area contributed by atoms with E-state index in [1.165, 1.54) is 0 Å². The van der Waals surface area contributed by atoms with Gasteiger partial charge in [0.05, 0.1) is 12.2 Å². The second-order valence-corrected chi connectivity index (χ2v) is 4.93. The summed E-state index contributed by atoms with van der Waals surface area (Å²) in [5.74, 6) is -0.117. The molecule has 0 saturated heterocycles. The van der Waals surface area contributed by atoms with Crippen LogP contribution in [-0.4, -0.2) is 29.1 Å². The molecule has 2 aromatic carbocycles. The molecule has 0 aliphatic carbocycles. The van der Waals surface area contributed by atoms with Crippen molar-refractivity contribution in [1.29, 1.82) is 0 Å². The highest BCUT2D eigenvalue weighted by Gasteiger charge is 2.17. The fourth-order valence-electron chi connectivity index (χ4n) is 2.00. The fraction of sp³-hybridized carbons (Fsp3) is 0.188. The molecule has 0 aliphatic rings. The Balaban J connectivity index is 2.20. The molecule has 104 valence electrons. The minimum absolute atomic E-state index is 0.0622. The molecule has 0 aliphatic heterocycles. The second-order valence-electron chi connectivity index (χ2n) is 4.45. The van der Waals surface area contributed by atoms with E-state index in [0.717, 1.165) is 5.56 Å². The van der Waals surface area contributed by atoms with Crippen molar-refractivity contribution in [2.24, 2.45) is 0 Å². The van der Waals surface area contributed by atoms with E-state index >= 15 is 0 Å². The summed E-state index contributed by atoms with van der Waals surface area (Å²) in [6, 6.07) is 16.9. The molecule has 2 aromatic rings. The van der Waals surface area contributed by atoms with Gasteiger partial charge in [-0.15, -0.1) is 12.6 Å². The molecule has 2 rings (SSSR count). The molecule has 20 heavy (non-hydrogen) atoms. The Morgan fingerprint density at radius 2 is 1.70 bits per heavy atom. The first-order valence-electron chi connectivity index (χ1n) is 6.44. The molecular formula is C16H17NO2S. The molecule has 0 fully saturated rings. The van der Waals surface area contributed by atoms with Crippen LogP contribution in [0.25, 0.3) is 0 Å². The van der Waals surface area contributed by atoms with Crippen LogP contribution < -0.4 is 0 Å². The molecule has 3 nitrogen and oxygen atoms in total. The zero-order valence-electron chi connectivity index (χ0n) is 11.1. The molecule has 1 amide bonds. The highest BCUT2D eigenvalue weighted by molar-refractivity contribution is 7.80. The van der Waals surface area contributed by atoms with Gasteiger partial charge in [-0.3, -0.25) is 4.79 Å². The third-order valence-electron chi connectivity index (χ3n) is 3.01. The maximum absolute atomic E-state index is 12.5. The van der Waals surface area contributed by atoms with Gasteiger partial charge in [0.2, 0.25) is 0 Å². The van der Waals surface area contributed by atoms with Crippen molar-refractivity contribution in [2.75, 3.05) is 13.2 Å². The number of hydrogen-bond donors (Lipinski definition) is 2. The Labute approximate surface area is 124 Å². The van der Waals surface area contributed by atoms with Gasteiger partial charge in [0.25, 0.3) is 5.91 Å². The highest BCUT2D eigenvalue weighted by Crippen LogP contribution is 2.16. The molecule has 1 N–H and O–H groups in total. The number of thiol groups is 1. The summed E-state index contributed by atoms with van der Waals surface area (Å²) in [4.78, 5) is 14.8. The van der Waals surface area contributed by atoms with Gasteiger partial charge in [0.1, 0.15) is 0 Å². The lowest BCUT2D eigenvalue weighted by atomic mass is 10.1. The average Bonchev–Trinajstić information content (AvgIpc) is 2.48. The first-order valence-corrected chi connectivity index (χ1v) is 6.89. The number of aliphatic hydroxyl groups is 1. The largest absolute Gasteiger partial charge is 0.395 e. The number of amides is 1. The number of aliphatic hydroxyl groups excluding tert-OH is 1. The van der Waals surface area contributed by atoms with E-state index in [9.17, 15) is 4.79 Å². The van der Waals surface area contributed by atoms with E-state index in [-0.39, 0.29) is 12.5 Å². The molecule has 0 heterocycles. The standard InChI is InChI=1S/C16H17NO2S/c18-11-10-17(12-13-6-2-1-3-7-13)16(19)14-8-4-5-9-15(14)20/h1-9,18,20H,10-12H2. The maximum atomic E-state index is 12.5. The molecule has 0 bridgehead atoms. The minimum atomic E-state index is -0.117. The van der Waals surface area contributed by atoms with Gasteiger partial charge in [-0.05, 0) is 17.7 Å². The van der Waals surface area contributed by atoms with Crippen molar-refractivity contribution in [3.05, 3.63) is 65.7 Å². The van der Waals surface area contributed by atoms with Crippen molar-refractivity contribution in [2.45, 2.75) is 11.4 Å². The maximum Gasteiger partial charge on any atom is 0.255 e. The number of carbonyl (C=O) groups excluding carboxylic acids is 1. The van der Waals surface area contributed by atoms with Gasteiger partial charge < -0.3 is 10.0 Å². The second kappa shape index (κ2) is 7.12. The Morgan fingerprint density at radius 1 is 1.05 bits per heavy atom. The van der Waals surface area contributed by atoms with Crippen LogP contribution >= 0.6 is 12.6 Å². The minimum Gasteiger partial charge on any atom is -0.395 e. The van der Waals surface area contributed by atoms with Crippen molar-refractivity contribution >= 4 is 18.5 Å². The monoisotopic (exact) mass is 287 g/mol. The van der Waals surface area contributed by atoms with Gasteiger partial charge in [-0.25, -0.2) is 0 Å². The van der Waals surface area contributed by atoms with Gasteiger partial charge in [0.15, 0.2) is 0 Å². The zero-order valence-corrected chi connectivity index (χ0v) is 12.0. The third kappa shape index (κ3) is 3.62. The lowest BCUT2D eigenvalue weighted by molar-refractivity contribution is 0.0704. The molecule has 4 heteroatoms. The molecule has 0 saturated carbocycles. The Bertz CT molecular complexity index is 572. The Kier molecular flexibility index (Phi) is 5.21. The van der Waals surface area contributed by atoms with E-state index in [1.54, 1.807) is 17.0 Å². The highest BCUT2D eigenvalue weighted by atomic mass is 32.1. The Hall–Kier alpha value is -1.78. The normalized spacial score (nSPS) is 10.3. The van der Waals surface area contributed by atoms with Gasteiger partial charge in [0, 0.05) is 18.0 Å². The van der Waals surface area contributed by atoms with E-state index < -0.39 is 0 Å². The average molecular weight is 287 g/mol. The lowest BCUT2D eigenvalue weighted by Crippen LogP contribution is -2.33. The molecule has 0 unspecified atom stereocenters. The summed E-state index contributed by atoms with van der Waals surface area (Å²) < 4.78 is 0.